The van der Waals surface area contributed by atoms with Crippen molar-refractivity contribution in [2.75, 3.05) is 12.8 Å². The van der Waals surface area contributed by atoms with Gasteiger partial charge in [0.1, 0.15) is 0 Å². The second kappa shape index (κ2) is 7.63. The van der Waals surface area contributed by atoms with E-state index in [0.29, 0.717) is 23.3 Å². The summed E-state index contributed by atoms with van der Waals surface area (Å²) in [6, 6.07) is 11.9. The zero-order valence-electron chi connectivity index (χ0n) is 13.5. The summed E-state index contributed by atoms with van der Waals surface area (Å²) >= 11 is 3.03. The van der Waals surface area contributed by atoms with Crippen LogP contribution in [0.1, 0.15) is 10.4 Å². The minimum Gasteiger partial charge on any atom is -0.340 e. The zero-order valence-corrected chi connectivity index (χ0v) is 15.2. The highest BCUT2D eigenvalue weighted by molar-refractivity contribution is 7.99. The van der Waals surface area contributed by atoms with Gasteiger partial charge in [0.2, 0.25) is 11.1 Å². The molecule has 0 aliphatic carbocycles. The Bertz CT molecular complexity index is 813. The van der Waals surface area contributed by atoms with E-state index in [-0.39, 0.29) is 5.91 Å². The molecule has 0 saturated heterocycles. The molecule has 0 atom stereocenters. The SMILES string of the molecule is Cc1ccsc1CN(C)C(=O)CSc1n[nH]c(-c2ccccc2)n1. The van der Waals surface area contributed by atoms with E-state index in [4.69, 9.17) is 0 Å². The van der Waals surface area contributed by atoms with Crippen molar-refractivity contribution in [2.24, 2.45) is 0 Å². The lowest BCUT2D eigenvalue weighted by molar-refractivity contribution is -0.127. The number of amides is 1. The summed E-state index contributed by atoms with van der Waals surface area (Å²) < 4.78 is 0. The number of thiophene rings is 1. The number of aryl methyl sites for hydroxylation is 1. The molecule has 0 aliphatic rings. The van der Waals surface area contributed by atoms with Crippen molar-refractivity contribution in [3.05, 3.63) is 52.2 Å². The minimum absolute atomic E-state index is 0.0684. The van der Waals surface area contributed by atoms with Crippen LogP contribution in [0.5, 0.6) is 0 Å². The number of hydrogen-bond donors (Lipinski definition) is 1. The fraction of sp³-hybridized carbons (Fsp3) is 0.235. The predicted octanol–water partition coefficient (Wildman–Crippen LogP) is 3.59. The van der Waals surface area contributed by atoms with Crippen LogP contribution in [0.2, 0.25) is 0 Å². The summed E-state index contributed by atoms with van der Waals surface area (Å²) in [5.74, 6) is 1.11. The van der Waals surface area contributed by atoms with Gasteiger partial charge < -0.3 is 4.90 Å². The minimum atomic E-state index is 0.0684. The Hall–Kier alpha value is -2.12. The number of nitrogens with zero attached hydrogens (tertiary/aromatic N) is 3. The highest BCUT2D eigenvalue weighted by Crippen LogP contribution is 2.20. The average Bonchev–Trinajstić information content (AvgIpc) is 3.23. The number of rotatable bonds is 6. The van der Waals surface area contributed by atoms with Crippen LogP contribution in [0.25, 0.3) is 11.4 Å². The molecular formula is C17H18N4OS2. The van der Waals surface area contributed by atoms with Crippen LogP contribution in [-0.4, -0.2) is 38.8 Å². The van der Waals surface area contributed by atoms with Crippen molar-refractivity contribution in [3.63, 3.8) is 0 Å². The Morgan fingerprint density at radius 3 is 2.79 bits per heavy atom. The van der Waals surface area contributed by atoms with Gasteiger partial charge in [0.05, 0.1) is 12.3 Å². The van der Waals surface area contributed by atoms with Crippen molar-refractivity contribution in [1.29, 1.82) is 0 Å². The molecule has 0 saturated carbocycles. The zero-order chi connectivity index (χ0) is 16.9. The van der Waals surface area contributed by atoms with Gasteiger partial charge in [0.15, 0.2) is 5.82 Å². The lowest BCUT2D eigenvalue weighted by atomic mass is 10.2. The smallest absolute Gasteiger partial charge is 0.233 e. The number of carbonyl (C=O) groups is 1. The van der Waals surface area contributed by atoms with Crippen LogP contribution in [0, 0.1) is 6.92 Å². The van der Waals surface area contributed by atoms with E-state index in [0.717, 1.165) is 5.56 Å². The molecule has 0 fully saturated rings. The molecule has 2 aromatic heterocycles. The topological polar surface area (TPSA) is 61.9 Å². The van der Waals surface area contributed by atoms with Gasteiger partial charge in [0, 0.05) is 17.5 Å². The van der Waals surface area contributed by atoms with Gasteiger partial charge in [-0.25, -0.2) is 4.98 Å². The Morgan fingerprint density at radius 1 is 1.29 bits per heavy atom. The summed E-state index contributed by atoms with van der Waals surface area (Å²) in [7, 11) is 1.83. The summed E-state index contributed by atoms with van der Waals surface area (Å²) in [5, 5.41) is 9.72. The fourth-order valence-electron chi connectivity index (χ4n) is 2.14. The highest BCUT2D eigenvalue weighted by Gasteiger charge is 2.14. The van der Waals surface area contributed by atoms with E-state index >= 15 is 0 Å². The molecule has 124 valence electrons. The van der Waals surface area contributed by atoms with Crippen molar-refractivity contribution < 1.29 is 4.79 Å². The van der Waals surface area contributed by atoms with E-state index in [1.54, 1.807) is 16.2 Å². The molecule has 1 N–H and O–H groups in total. The first-order chi connectivity index (χ1) is 11.6. The van der Waals surface area contributed by atoms with Crippen LogP contribution in [-0.2, 0) is 11.3 Å². The Kier molecular flexibility index (Phi) is 5.32. The molecule has 1 aromatic carbocycles. The Labute approximate surface area is 149 Å². The fourth-order valence-corrected chi connectivity index (χ4v) is 3.84. The van der Waals surface area contributed by atoms with Crippen LogP contribution >= 0.6 is 23.1 Å². The summed E-state index contributed by atoms with van der Waals surface area (Å²) in [6.45, 7) is 2.71. The number of hydrogen-bond acceptors (Lipinski definition) is 5. The maximum Gasteiger partial charge on any atom is 0.233 e. The monoisotopic (exact) mass is 358 g/mol. The standard InChI is InChI=1S/C17H18N4OS2/c1-12-8-9-23-14(12)10-21(2)15(22)11-24-17-18-16(19-20-17)13-6-4-3-5-7-13/h3-9H,10-11H2,1-2H3,(H,18,19,20). The van der Waals surface area contributed by atoms with E-state index < -0.39 is 0 Å². The number of aromatic nitrogens is 3. The molecule has 5 nitrogen and oxygen atoms in total. The first-order valence-electron chi connectivity index (χ1n) is 7.51. The summed E-state index contributed by atoms with van der Waals surface area (Å²) in [4.78, 5) is 19.7. The average molecular weight is 358 g/mol. The third-order valence-electron chi connectivity index (χ3n) is 3.61. The molecule has 24 heavy (non-hydrogen) atoms. The van der Waals surface area contributed by atoms with E-state index in [2.05, 4.69) is 33.6 Å². The predicted molar refractivity (Wildman–Crippen MR) is 98.1 cm³/mol. The van der Waals surface area contributed by atoms with Gasteiger partial charge in [-0.2, -0.15) is 0 Å². The lowest BCUT2D eigenvalue weighted by Gasteiger charge is -2.16. The third-order valence-corrected chi connectivity index (χ3v) is 5.45. The van der Waals surface area contributed by atoms with Gasteiger partial charge in [-0.3, -0.25) is 9.89 Å². The van der Waals surface area contributed by atoms with Gasteiger partial charge in [-0.05, 0) is 23.9 Å². The van der Waals surface area contributed by atoms with Gasteiger partial charge in [-0.1, -0.05) is 42.1 Å². The number of thioether (sulfide) groups is 1. The molecule has 0 bridgehead atoms. The number of benzene rings is 1. The maximum absolute atomic E-state index is 12.3. The molecular weight excluding hydrogens is 340 g/mol. The van der Waals surface area contributed by atoms with E-state index in [1.165, 1.54) is 22.2 Å². The molecule has 0 spiro atoms. The number of carbonyl (C=O) groups excluding carboxylic acids is 1. The molecule has 0 unspecified atom stereocenters. The third kappa shape index (κ3) is 4.04. The lowest BCUT2D eigenvalue weighted by Crippen LogP contribution is -2.27. The molecule has 1 amide bonds. The summed E-state index contributed by atoms with van der Waals surface area (Å²) in [5.41, 5.74) is 2.21. The second-order valence-electron chi connectivity index (χ2n) is 5.40. The van der Waals surface area contributed by atoms with Gasteiger partial charge in [0.25, 0.3) is 0 Å². The molecule has 3 aromatic rings. The Balaban J connectivity index is 1.55. The van der Waals surface area contributed by atoms with Crippen molar-refractivity contribution in [3.8, 4) is 11.4 Å². The molecule has 7 heteroatoms. The number of aromatic amines is 1. The van der Waals surface area contributed by atoms with E-state index in [9.17, 15) is 4.79 Å². The maximum atomic E-state index is 12.3. The van der Waals surface area contributed by atoms with E-state index in [1.807, 2.05) is 37.4 Å². The van der Waals surface area contributed by atoms with Crippen molar-refractivity contribution in [1.82, 2.24) is 20.1 Å². The van der Waals surface area contributed by atoms with Crippen LogP contribution < -0.4 is 0 Å². The molecule has 2 heterocycles. The molecule has 0 radical (unpaired) electrons. The van der Waals surface area contributed by atoms with Crippen LogP contribution in [0.15, 0.2) is 46.9 Å². The van der Waals surface area contributed by atoms with Crippen molar-refractivity contribution in [2.45, 2.75) is 18.6 Å². The normalized spacial score (nSPS) is 10.8. The van der Waals surface area contributed by atoms with Crippen LogP contribution in [0.3, 0.4) is 0 Å². The largest absolute Gasteiger partial charge is 0.340 e. The molecule has 3 rings (SSSR count). The number of nitrogens with one attached hydrogen (secondary N) is 1. The van der Waals surface area contributed by atoms with Crippen molar-refractivity contribution >= 4 is 29.0 Å². The first-order valence-corrected chi connectivity index (χ1v) is 9.37. The van der Waals surface area contributed by atoms with Crippen LogP contribution in [0.4, 0.5) is 0 Å². The Morgan fingerprint density at radius 2 is 2.08 bits per heavy atom. The van der Waals surface area contributed by atoms with Gasteiger partial charge in [-0.15, -0.1) is 16.4 Å². The number of H-pyrrole nitrogens is 1. The molecule has 0 aliphatic heterocycles. The quantitative estimate of drug-likeness (QED) is 0.684. The second-order valence-corrected chi connectivity index (χ2v) is 7.34. The first kappa shape index (κ1) is 16.7. The van der Waals surface area contributed by atoms with Gasteiger partial charge >= 0.3 is 0 Å². The highest BCUT2D eigenvalue weighted by atomic mass is 32.2. The summed E-state index contributed by atoms with van der Waals surface area (Å²) in [6.07, 6.45) is 0.